The third kappa shape index (κ3) is 3.32. The average Bonchev–Trinajstić information content (AvgIpc) is 3.05. The van der Waals surface area contributed by atoms with Gasteiger partial charge in [0.15, 0.2) is 0 Å². The number of likely N-dealkylation sites (tertiary alicyclic amines) is 1. The van der Waals surface area contributed by atoms with E-state index in [1.165, 1.54) is 11.1 Å². The van der Waals surface area contributed by atoms with Crippen LogP contribution in [-0.4, -0.2) is 28.4 Å². The molecule has 4 heteroatoms. The van der Waals surface area contributed by atoms with Crippen molar-refractivity contribution in [3.63, 3.8) is 0 Å². The molecule has 1 unspecified atom stereocenters. The number of carboxylic acids is 1. The molecular weight excluding hydrogens is 302 g/mol. The minimum absolute atomic E-state index is 0.101. The van der Waals surface area contributed by atoms with E-state index in [2.05, 4.69) is 19.1 Å². The number of hydrogen-bond acceptors (Lipinski definition) is 2. The summed E-state index contributed by atoms with van der Waals surface area (Å²) in [4.78, 5) is 25.6. The zero-order valence-corrected chi connectivity index (χ0v) is 13.7. The van der Waals surface area contributed by atoms with E-state index >= 15 is 0 Å². The molecule has 0 aliphatic carbocycles. The van der Waals surface area contributed by atoms with E-state index in [-0.39, 0.29) is 17.5 Å². The Morgan fingerprint density at radius 2 is 1.83 bits per heavy atom. The highest BCUT2D eigenvalue weighted by Crippen LogP contribution is 2.34. The molecule has 4 nitrogen and oxygen atoms in total. The first-order chi connectivity index (χ1) is 11.6. The van der Waals surface area contributed by atoms with E-state index in [0.29, 0.717) is 6.42 Å². The summed E-state index contributed by atoms with van der Waals surface area (Å²) in [7, 11) is 0. The fraction of sp³-hybridized carbons (Fsp3) is 0.300. The number of nitrogens with zero attached hydrogens (tertiary/aromatic N) is 1. The highest BCUT2D eigenvalue weighted by Gasteiger charge is 2.30. The molecule has 1 N–H and O–H groups in total. The van der Waals surface area contributed by atoms with Crippen LogP contribution in [0.5, 0.6) is 0 Å². The Labute approximate surface area is 141 Å². The first-order valence-corrected chi connectivity index (χ1v) is 8.23. The second-order valence-corrected chi connectivity index (χ2v) is 6.28. The number of carboxylic acid groups (broad SMARTS) is 1. The zero-order valence-electron chi connectivity index (χ0n) is 13.7. The smallest absolute Gasteiger partial charge is 0.335 e. The molecule has 1 aliphatic heterocycles. The van der Waals surface area contributed by atoms with Gasteiger partial charge in [0.25, 0.3) is 0 Å². The van der Waals surface area contributed by atoms with Crippen LogP contribution in [0, 0.1) is 6.92 Å². The molecule has 0 saturated carbocycles. The van der Waals surface area contributed by atoms with Crippen molar-refractivity contribution in [2.75, 3.05) is 6.54 Å². The lowest BCUT2D eigenvalue weighted by Crippen LogP contribution is -2.32. The van der Waals surface area contributed by atoms with Crippen LogP contribution in [0.1, 0.15) is 45.9 Å². The maximum atomic E-state index is 12.7. The Morgan fingerprint density at radius 1 is 1.12 bits per heavy atom. The summed E-state index contributed by atoms with van der Waals surface area (Å²) in [5.74, 6) is -0.851. The maximum absolute atomic E-state index is 12.7. The van der Waals surface area contributed by atoms with E-state index in [9.17, 15) is 9.59 Å². The molecular formula is C20H21NO3. The molecule has 1 atom stereocenters. The van der Waals surface area contributed by atoms with Gasteiger partial charge in [-0.25, -0.2) is 4.79 Å². The van der Waals surface area contributed by atoms with Gasteiger partial charge in [-0.1, -0.05) is 36.4 Å². The summed E-state index contributed by atoms with van der Waals surface area (Å²) in [6.45, 7) is 2.87. The number of aryl methyl sites for hydroxylation is 1. The molecule has 1 aliphatic rings. The molecule has 2 aromatic carbocycles. The minimum Gasteiger partial charge on any atom is -0.478 e. The number of benzene rings is 2. The maximum Gasteiger partial charge on any atom is 0.335 e. The molecule has 1 heterocycles. The molecule has 24 heavy (non-hydrogen) atoms. The fourth-order valence-electron chi connectivity index (χ4n) is 3.39. The summed E-state index contributed by atoms with van der Waals surface area (Å²) in [6.07, 6.45) is 2.32. The summed E-state index contributed by atoms with van der Waals surface area (Å²) in [6, 6.07) is 14.9. The first kappa shape index (κ1) is 16.2. The van der Waals surface area contributed by atoms with Gasteiger partial charge in [0.1, 0.15) is 0 Å². The number of amides is 1. The topological polar surface area (TPSA) is 57.6 Å². The van der Waals surface area contributed by atoms with Crippen LogP contribution in [0.15, 0.2) is 48.5 Å². The highest BCUT2D eigenvalue weighted by molar-refractivity contribution is 5.87. The highest BCUT2D eigenvalue weighted by atomic mass is 16.4. The van der Waals surface area contributed by atoms with Gasteiger partial charge in [-0.3, -0.25) is 4.79 Å². The lowest BCUT2D eigenvalue weighted by Gasteiger charge is -2.26. The van der Waals surface area contributed by atoms with Gasteiger partial charge in [-0.2, -0.15) is 0 Å². The van der Waals surface area contributed by atoms with Crippen LogP contribution in [0.4, 0.5) is 0 Å². The SMILES string of the molecule is Cc1ccccc1C1CCCN1C(=O)Cc1ccc(C(=O)O)cc1. The van der Waals surface area contributed by atoms with Crippen molar-refractivity contribution in [2.24, 2.45) is 0 Å². The Balaban J connectivity index is 1.74. The standard InChI is InChI=1S/C20H21NO3/c1-14-5-2-3-6-17(14)18-7-4-12-21(18)19(22)13-15-8-10-16(11-9-15)20(23)24/h2-3,5-6,8-11,18H,4,7,12-13H2,1H3,(H,23,24). The minimum atomic E-state index is -0.952. The van der Waals surface area contributed by atoms with Crippen molar-refractivity contribution < 1.29 is 14.7 Å². The Bertz CT molecular complexity index is 752. The predicted octanol–water partition coefficient (Wildman–Crippen LogP) is 3.60. The Morgan fingerprint density at radius 3 is 2.50 bits per heavy atom. The van der Waals surface area contributed by atoms with Crippen LogP contribution < -0.4 is 0 Å². The Hall–Kier alpha value is -2.62. The molecule has 124 valence electrons. The molecule has 0 aromatic heterocycles. The summed E-state index contributed by atoms with van der Waals surface area (Å²) >= 11 is 0. The van der Waals surface area contributed by atoms with Gasteiger partial charge in [-0.05, 0) is 48.6 Å². The molecule has 1 fully saturated rings. The summed E-state index contributed by atoms with van der Waals surface area (Å²) in [5, 5.41) is 8.94. The van der Waals surface area contributed by atoms with Crippen molar-refractivity contribution in [3.8, 4) is 0 Å². The predicted molar refractivity (Wildman–Crippen MR) is 92.0 cm³/mol. The number of carbonyl (C=O) groups is 2. The van der Waals surface area contributed by atoms with Crippen LogP contribution in [0.3, 0.4) is 0 Å². The molecule has 0 spiro atoms. The number of hydrogen-bond donors (Lipinski definition) is 1. The van der Waals surface area contributed by atoms with Gasteiger partial charge in [0.05, 0.1) is 18.0 Å². The summed E-state index contributed by atoms with van der Waals surface area (Å²) in [5.41, 5.74) is 3.53. The number of rotatable bonds is 4. The molecule has 0 radical (unpaired) electrons. The fourth-order valence-corrected chi connectivity index (χ4v) is 3.39. The second kappa shape index (κ2) is 6.87. The monoisotopic (exact) mass is 323 g/mol. The summed E-state index contributed by atoms with van der Waals surface area (Å²) < 4.78 is 0. The lowest BCUT2D eigenvalue weighted by atomic mass is 9.99. The van der Waals surface area contributed by atoms with Crippen LogP contribution in [0.25, 0.3) is 0 Å². The molecule has 2 aromatic rings. The van der Waals surface area contributed by atoms with Crippen molar-refractivity contribution in [1.29, 1.82) is 0 Å². The third-order valence-corrected chi connectivity index (χ3v) is 4.68. The van der Waals surface area contributed by atoms with Gasteiger partial charge >= 0.3 is 5.97 Å². The van der Waals surface area contributed by atoms with E-state index in [1.54, 1.807) is 24.3 Å². The van der Waals surface area contributed by atoms with E-state index in [0.717, 1.165) is 24.9 Å². The molecule has 1 amide bonds. The first-order valence-electron chi connectivity index (χ1n) is 8.23. The van der Waals surface area contributed by atoms with E-state index in [1.807, 2.05) is 17.0 Å². The van der Waals surface area contributed by atoms with E-state index in [4.69, 9.17) is 5.11 Å². The molecule has 0 bridgehead atoms. The third-order valence-electron chi connectivity index (χ3n) is 4.68. The average molecular weight is 323 g/mol. The van der Waals surface area contributed by atoms with Crippen molar-refractivity contribution >= 4 is 11.9 Å². The second-order valence-electron chi connectivity index (χ2n) is 6.28. The normalized spacial score (nSPS) is 17.0. The van der Waals surface area contributed by atoms with Gasteiger partial charge < -0.3 is 10.0 Å². The quantitative estimate of drug-likeness (QED) is 0.935. The van der Waals surface area contributed by atoms with Gasteiger partial charge in [-0.15, -0.1) is 0 Å². The van der Waals surface area contributed by atoms with Crippen molar-refractivity contribution in [1.82, 2.24) is 4.90 Å². The van der Waals surface area contributed by atoms with Gasteiger partial charge in [0, 0.05) is 6.54 Å². The van der Waals surface area contributed by atoms with E-state index < -0.39 is 5.97 Å². The van der Waals surface area contributed by atoms with Crippen molar-refractivity contribution in [2.45, 2.75) is 32.2 Å². The van der Waals surface area contributed by atoms with Gasteiger partial charge in [0.2, 0.25) is 5.91 Å². The Kier molecular flexibility index (Phi) is 4.65. The number of carbonyl (C=O) groups excluding carboxylic acids is 1. The largest absolute Gasteiger partial charge is 0.478 e. The van der Waals surface area contributed by atoms with Crippen LogP contribution in [-0.2, 0) is 11.2 Å². The van der Waals surface area contributed by atoms with Crippen LogP contribution in [0.2, 0.25) is 0 Å². The van der Waals surface area contributed by atoms with Crippen LogP contribution >= 0.6 is 0 Å². The molecule has 3 rings (SSSR count). The van der Waals surface area contributed by atoms with Crippen molar-refractivity contribution in [3.05, 3.63) is 70.8 Å². The zero-order chi connectivity index (χ0) is 17.1. The lowest BCUT2D eigenvalue weighted by molar-refractivity contribution is -0.131. The number of aromatic carboxylic acids is 1. The molecule has 1 saturated heterocycles.